The second-order valence-corrected chi connectivity index (χ2v) is 6.18. The van der Waals surface area contributed by atoms with Gasteiger partial charge in [0.05, 0.1) is 14.2 Å². The third kappa shape index (κ3) is 4.02. The fourth-order valence-corrected chi connectivity index (χ4v) is 2.70. The number of hydrogen-bond donors (Lipinski definition) is 1. The molecule has 11 heteroatoms. The maximum atomic E-state index is 13.2. The first-order valence-electron chi connectivity index (χ1n) is 8.24. The second-order valence-electron chi connectivity index (χ2n) is 6.18. The van der Waals surface area contributed by atoms with E-state index in [1.165, 1.54) is 38.4 Å². The van der Waals surface area contributed by atoms with Crippen LogP contribution in [-0.4, -0.2) is 44.6 Å². The van der Waals surface area contributed by atoms with Gasteiger partial charge in [-0.2, -0.15) is 26.3 Å². The van der Waals surface area contributed by atoms with Crippen LogP contribution in [0.1, 0.15) is 15.9 Å². The topological polar surface area (TPSA) is 59.0 Å². The molecular weight excluding hydrogens is 420 g/mol. The van der Waals surface area contributed by atoms with Crippen LogP contribution in [0.15, 0.2) is 42.5 Å². The highest BCUT2D eigenvalue weighted by molar-refractivity contribution is 6.05. The van der Waals surface area contributed by atoms with Gasteiger partial charge in [0, 0.05) is 29.9 Å². The van der Waals surface area contributed by atoms with Crippen LogP contribution in [0.25, 0.3) is 0 Å². The van der Waals surface area contributed by atoms with E-state index in [0.717, 1.165) is 24.1 Å². The van der Waals surface area contributed by atoms with Crippen LogP contribution < -0.4 is 14.4 Å². The van der Waals surface area contributed by atoms with E-state index in [4.69, 9.17) is 4.74 Å². The minimum Gasteiger partial charge on any atom is -0.497 e. The molecule has 0 saturated heterocycles. The Balaban J connectivity index is 2.49. The van der Waals surface area contributed by atoms with Gasteiger partial charge in [0.15, 0.2) is 0 Å². The van der Waals surface area contributed by atoms with Crippen LogP contribution in [-0.2, 0) is 5.60 Å². The van der Waals surface area contributed by atoms with Crippen LogP contribution in [0, 0.1) is 0 Å². The van der Waals surface area contributed by atoms with Crippen molar-refractivity contribution >= 4 is 11.6 Å². The highest BCUT2D eigenvalue weighted by Crippen LogP contribution is 2.52. The van der Waals surface area contributed by atoms with E-state index in [1.54, 1.807) is 0 Å². The number of carbonyl (C=O) groups is 1. The van der Waals surface area contributed by atoms with Gasteiger partial charge in [-0.15, -0.1) is 0 Å². The van der Waals surface area contributed by atoms with E-state index >= 15 is 0 Å². The van der Waals surface area contributed by atoms with Gasteiger partial charge in [0.1, 0.15) is 11.5 Å². The smallest absolute Gasteiger partial charge is 0.430 e. The van der Waals surface area contributed by atoms with Crippen molar-refractivity contribution in [3.63, 3.8) is 0 Å². The number of hydrogen-bond acceptors (Lipinski definition) is 4. The highest BCUT2D eigenvalue weighted by Gasteiger charge is 2.72. The summed E-state index contributed by atoms with van der Waals surface area (Å²) >= 11 is 0. The van der Waals surface area contributed by atoms with Crippen LogP contribution in [0.5, 0.6) is 11.5 Å². The summed E-state index contributed by atoms with van der Waals surface area (Å²) in [5, 5.41) is 9.61. The number of amides is 1. The second kappa shape index (κ2) is 8.05. The summed E-state index contributed by atoms with van der Waals surface area (Å²) in [6, 6.07) is 7.98. The lowest BCUT2D eigenvalue weighted by atomic mass is 9.91. The Kier molecular flexibility index (Phi) is 6.26. The molecule has 0 spiro atoms. The predicted molar refractivity (Wildman–Crippen MR) is 94.7 cm³/mol. The number of alkyl halides is 6. The zero-order chi connectivity index (χ0) is 22.9. The molecule has 0 aromatic heterocycles. The zero-order valence-electron chi connectivity index (χ0n) is 15.9. The maximum Gasteiger partial charge on any atom is 0.430 e. The van der Waals surface area contributed by atoms with Gasteiger partial charge in [-0.1, -0.05) is 0 Å². The Morgan fingerprint density at radius 3 is 1.87 bits per heavy atom. The number of methoxy groups -OCH3 is 2. The van der Waals surface area contributed by atoms with E-state index in [2.05, 4.69) is 4.74 Å². The molecule has 0 unspecified atom stereocenters. The van der Waals surface area contributed by atoms with Crippen molar-refractivity contribution in [2.75, 3.05) is 26.2 Å². The lowest BCUT2D eigenvalue weighted by Gasteiger charge is -2.34. The molecule has 0 saturated carbocycles. The molecule has 0 radical (unpaired) electrons. The van der Waals surface area contributed by atoms with Gasteiger partial charge in [0.25, 0.3) is 11.5 Å². The van der Waals surface area contributed by atoms with Crippen molar-refractivity contribution in [3.05, 3.63) is 53.6 Å². The summed E-state index contributed by atoms with van der Waals surface area (Å²) in [6.45, 7) is 0. The fourth-order valence-electron chi connectivity index (χ4n) is 2.70. The van der Waals surface area contributed by atoms with Gasteiger partial charge >= 0.3 is 12.4 Å². The first kappa shape index (κ1) is 23.3. The average molecular weight is 437 g/mol. The minimum absolute atomic E-state index is 0.0527. The Hall–Kier alpha value is -2.95. The first-order valence-corrected chi connectivity index (χ1v) is 8.24. The Bertz CT molecular complexity index is 895. The maximum absolute atomic E-state index is 13.2. The molecule has 0 aliphatic rings. The van der Waals surface area contributed by atoms with Crippen molar-refractivity contribution in [1.82, 2.24) is 0 Å². The number of ether oxygens (including phenoxy) is 2. The normalized spacial score (nSPS) is 12.5. The van der Waals surface area contributed by atoms with Crippen LogP contribution >= 0.6 is 0 Å². The molecule has 0 atom stereocenters. The van der Waals surface area contributed by atoms with Crippen molar-refractivity contribution in [1.29, 1.82) is 0 Å². The number of benzene rings is 2. The van der Waals surface area contributed by atoms with Gasteiger partial charge in [0.2, 0.25) is 0 Å². The molecule has 0 aliphatic heterocycles. The van der Waals surface area contributed by atoms with E-state index in [-0.39, 0.29) is 11.3 Å². The van der Waals surface area contributed by atoms with Crippen LogP contribution in [0.3, 0.4) is 0 Å². The third-order valence-electron chi connectivity index (χ3n) is 4.42. The summed E-state index contributed by atoms with van der Waals surface area (Å²) in [4.78, 5) is 13.6. The summed E-state index contributed by atoms with van der Waals surface area (Å²) in [6.07, 6.45) is -12.1. The molecule has 2 rings (SSSR count). The first-order chi connectivity index (χ1) is 13.8. The molecule has 1 N–H and O–H groups in total. The summed E-state index contributed by atoms with van der Waals surface area (Å²) < 4.78 is 88.7. The number of anilines is 1. The van der Waals surface area contributed by atoms with E-state index < -0.39 is 35.2 Å². The quantitative estimate of drug-likeness (QED) is 0.709. The van der Waals surface area contributed by atoms with Gasteiger partial charge in [-0.05, 0) is 36.4 Å². The van der Waals surface area contributed by atoms with E-state index in [1.807, 2.05) is 0 Å². The average Bonchev–Trinajstić information content (AvgIpc) is 2.70. The third-order valence-corrected chi connectivity index (χ3v) is 4.42. The van der Waals surface area contributed by atoms with E-state index in [0.29, 0.717) is 11.8 Å². The molecule has 0 fully saturated rings. The fraction of sp³-hybridized carbons (Fsp3) is 0.316. The Morgan fingerprint density at radius 1 is 0.900 bits per heavy atom. The van der Waals surface area contributed by atoms with Crippen LogP contribution in [0.2, 0.25) is 0 Å². The number of nitrogens with zero attached hydrogens (tertiary/aromatic N) is 1. The van der Waals surface area contributed by atoms with Crippen molar-refractivity contribution in [3.8, 4) is 11.5 Å². The largest absolute Gasteiger partial charge is 0.497 e. The lowest BCUT2D eigenvalue weighted by Crippen LogP contribution is -2.54. The molecule has 2 aromatic rings. The van der Waals surface area contributed by atoms with Crippen molar-refractivity contribution in [2.45, 2.75) is 18.0 Å². The van der Waals surface area contributed by atoms with Crippen LogP contribution in [0.4, 0.5) is 32.0 Å². The molecule has 2 aromatic carbocycles. The molecule has 164 valence electrons. The number of aliphatic hydroxyl groups is 1. The Morgan fingerprint density at radius 2 is 1.43 bits per heavy atom. The number of halogens is 6. The summed E-state index contributed by atoms with van der Waals surface area (Å²) in [5.74, 6) is -0.993. The summed E-state index contributed by atoms with van der Waals surface area (Å²) in [7, 11) is 3.56. The Labute approximate surface area is 167 Å². The van der Waals surface area contributed by atoms with E-state index in [9.17, 15) is 36.2 Å². The van der Waals surface area contributed by atoms with Gasteiger partial charge in [-0.3, -0.25) is 4.79 Å². The molecular formula is C19H17F6NO4. The van der Waals surface area contributed by atoms with Gasteiger partial charge < -0.3 is 19.5 Å². The standard InChI is InChI=1S/C19H17F6NO4/c1-26(16(27)11-4-7-13(29-2)8-5-11)12-6-9-14(15(10-12)30-3)17(28,18(20,21)22)19(23,24)25/h4-10,28H,1-3H3. The monoisotopic (exact) mass is 437 g/mol. The predicted octanol–water partition coefficient (Wildman–Crippen LogP) is 4.29. The molecule has 0 bridgehead atoms. The van der Waals surface area contributed by atoms with Crippen molar-refractivity contribution in [2.24, 2.45) is 0 Å². The summed E-state index contributed by atoms with van der Waals surface area (Å²) in [5.41, 5.74) is -6.55. The lowest BCUT2D eigenvalue weighted by molar-refractivity contribution is -0.376. The number of rotatable bonds is 5. The van der Waals surface area contributed by atoms with Crippen molar-refractivity contribution < 1.29 is 45.7 Å². The molecule has 0 aliphatic carbocycles. The number of carbonyl (C=O) groups excluding carboxylic acids is 1. The molecule has 1 amide bonds. The van der Waals surface area contributed by atoms with Gasteiger partial charge in [-0.25, -0.2) is 0 Å². The molecule has 0 heterocycles. The highest BCUT2D eigenvalue weighted by atomic mass is 19.4. The molecule has 30 heavy (non-hydrogen) atoms. The minimum atomic E-state index is -6.06. The SMILES string of the molecule is COc1ccc(C(=O)N(C)c2ccc(C(O)(C(F)(F)F)C(F)(F)F)c(OC)c2)cc1. The molecule has 5 nitrogen and oxygen atoms in total. The zero-order valence-corrected chi connectivity index (χ0v) is 15.9.